The van der Waals surface area contributed by atoms with E-state index in [1.807, 2.05) is 6.92 Å². The van der Waals surface area contributed by atoms with Crippen LogP contribution in [0.5, 0.6) is 0 Å². The Morgan fingerprint density at radius 1 is 1.35 bits per heavy atom. The van der Waals surface area contributed by atoms with Crippen molar-refractivity contribution < 1.29 is 9.53 Å². The molecule has 0 fully saturated rings. The Balaban J connectivity index is 2.69. The van der Waals surface area contributed by atoms with Gasteiger partial charge in [-0.1, -0.05) is 62.5 Å². The average Bonchev–Trinajstić information content (AvgIpc) is 2.28. The molecular formula is C15H18Cl3O2. The van der Waals surface area contributed by atoms with Crippen LogP contribution in [0.25, 0.3) is 0 Å². The van der Waals surface area contributed by atoms with Crippen molar-refractivity contribution in [2.75, 3.05) is 6.61 Å². The van der Waals surface area contributed by atoms with Crippen molar-refractivity contribution in [1.82, 2.24) is 0 Å². The first-order valence-electron chi connectivity index (χ1n) is 6.34. The number of halogens is 3. The molecule has 2 nitrogen and oxygen atoms in total. The Labute approximate surface area is 135 Å². The highest BCUT2D eigenvalue weighted by atomic mass is 35.5. The minimum atomic E-state index is -0.555. The van der Waals surface area contributed by atoms with Crippen molar-refractivity contribution in [3.8, 4) is 0 Å². The first-order valence-corrected chi connectivity index (χ1v) is 7.47. The summed E-state index contributed by atoms with van der Waals surface area (Å²) in [4.78, 5) is 12.0. The molecule has 0 N–H and O–H groups in total. The molecule has 1 atom stereocenters. The number of ether oxygens (including phenoxy) is 1. The van der Waals surface area contributed by atoms with E-state index >= 15 is 0 Å². The molecule has 0 spiro atoms. The third kappa shape index (κ3) is 5.51. The van der Waals surface area contributed by atoms with Crippen LogP contribution in [0.1, 0.15) is 44.5 Å². The van der Waals surface area contributed by atoms with Crippen molar-refractivity contribution in [1.29, 1.82) is 0 Å². The normalized spacial score (nSPS) is 13.2. The zero-order chi connectivity index (χ0) is 15.5. The molecule has 0 saturated carbocycles. The second kappa shape index (κ2) is 7.02. The highest BCUT2D eigenvalue weighted by Crippen LogP contribution is 2.30. The van der Waals surface area contributed by atoms with Gasteiger partial charge >= 0.3 is 5.97 Å². The third-order valence-electron chi connectivity index (χ3n) is 2.59. The molecule has 0 aromatic heterocycles. The summed E-state index contributed by atoms with van der Waals surface area (Å²) < 4.78 is 5.25. The summed E-state index contributed by atoms with van der Waals surface area (Å²) >= 11 is 17.6. The SMILES string of the molecule is CC(COC(=O)c1[c]c(Cl)cc(Cl)c1Cl)CC(C)(C)C. The predicted molar refractivity (Wildman–Crippen MR) is 83.8 cm³/mol. The summed E-state index contributed by atoms with van der Waals surface area (Å²) in [5.41, 5.74) is 0.265. The van der Waals surface area contributed by atoms with Gasteiger partial charge in [0.2, 0.25) is 0 Å². The quantitative estimate of drug-likeness (QED) is 0.522. The highest BCUT2D eigenvalue weighted by Gasteiger charge is 2.20. The van der Waals surface area contributed by atoms with E-state index in [9.17, 15) is 4.79 Å². The Bertz CT molecular complexity index is 493. The third-order valence-corrected chi connectivity index (χ3v) is 3.58. The molecule has 1 radical (unpaired) electrons. The second-order valence-corrected chi connectivity index (χ2v) is 7.31. The maximum Gasteiger partial charge on any atom is 0.340 e. The number of carbonyl (C=O) groups excluding carboxylic acids is 1. The van der Waals surface area contributed by atoms with Gasteiger partial charge in [-0.05, 0) is 23.8 Å². The van der Waals surface area contributed by atoms with Crippen molar-refractivity contribution in [3.05, 3.63) is 32.8 Å². The molecule has 1 aromatic carbocycles. The maximum absolute atomic E-state index is 12.0. The van der Waals surface area contributed by atoms with E-state index in [0.29, 0.717) is 6.61 Å². The van der Waals surface area contributed by atoms with Gasteiger partial charge in [0, 0.05) is 6.07 Å². The number of rotatable bonds is 4. The van der Waals surface area contributed by atoms with E-state index in [0.717, 1.165) is 6.42 Å². The van der Waals surface area contributed by atoms with Gasteiger partial charge in [-0.3, -0.25) is 0 Å². The van der Waals surface area contributed by atoms with Crippen LogP contribution in [0.15, 0.2) is 6.07 Å². The molecule has 1 rings (SSSR count). The summed E-state index contributed by atoms with van der Waals surface area (Å²) in [6.45, 7) is 8.80. The topological polar surface area (TPSA) is 26.3 Å². The van der Waals surface area contributed by atoms with Gasteiger partial charge in [0.1, 0.15) is 0 Å². The summed E-state index contributed by atoms with van der Waals surface area (Å²) in [7, 11) is 0. The minimum absolute atomic E-state index is 0.0760. The zero-order valence-electron chi connectivity index (χ0n) is 12.0. The van der Waals surface area contributed by atoms with Gasteiger partial charge < -0.3 is 4.74 Å². The molecule has 1 unspecified atom stereocenters. The van der Waals surface area contributed by atoms with Crippen LogP contribution < -0.4 is 0 Å². The Hall–Kier alpha value is -0.440. The summed E-state index contributed by atoms with van der Waals surface area (Å²) in [5, 5.41) is 0.559. The van der Waals surface area contributed by atoms with Gasteiger partial charge in [-0.2, -0.15) is 0 Å². The lowest BCUT2D eigenvalue weighted by Gasteiger charge is -2.23. The number of carbonyl (C=O) groups is 1. The molecule has 20 heavy (non-hydrogen) atoms. The molecule has 0 saturated heterocycles. The van der Waals surface area contributed by atoms with Crippen LogP contribution >= 0.6 is 34.8 Å². The van der Waals surface area contributed by atoms with Crippen molar-refractivity contribution in [3.63, 3.8) is 0 Å². The molecule has 0 aliphatic carbocycles. The van der Waals surface area contributed by atoms with Crippen molar-refractivity contribution in [2.45, 2.75) is 34.1 Å². The van der Waals surface area contributed by atoms with Gasteiger partial charge in [-0.15, -0.1) is 0 Å². The van der Waals surface area contributed by atoms with Crippen molar-refractivity contribution in [2.24, 2.45) is 11.3 Å². The van der Waals surface area contributed by atoms with E-state index in [1.165, 1.54) is 6.07 Å². The molecule has 5 heteroatoms. The number of esters is 1. The fraction of sp³-hybridized carbons (Fsp3) is 0.533. The average molecular weight is 337 g/mol. The summed E-state index contributed by atoms with van der Waals surface area (Å²) in [6.07, 6.45) is 0.952. The molecule has 1 aromatic rings. The molecular weight excluding hydrogens is 319 g/mol. The molecule has 0 heterocycles. The number of hydrogen-bond acceptors (Lipinski definition) is 2. The lowest BCUT2D eigenvalue weighted by Crippen LogP contribution is -2.18. The standard InChI is InChI=1S/C15H18Cl3O2/c1-9(7-15(2,3)4)8-20-14(19)11-5-10(16)6-12(17)13(11)18/h6,9H,7-8H2,1-4H3. The van der Waals surface area contributed by atoms with Crippen LogP contribution in [-0.2, 0) is 4.74 Å². The fourth-order valence-electron chi connectivity index (χ4n) is 2.04. The Kier molecular flexibility index (Phi) is 6.18. The van der Waals surface area contributed by atoms with E-state index in [4.69, 9.17) is 39.5 Å². The van der Waals surface area contributed by atoms with E-state index in [1.54, 1.807) is 0 Å². The van der Waals surface area contributed by atoms with Gasteiger partial charge in [0.15, 0.2) is 0 Å². The number of benzene rings is 1. The Morgan fingerprint density at radius 2 is 1.95 bits per heavy atom. The van der Waals surface area contributed by atoms with Crippen LogP contribution in [0.4, 0.5) is 0 Å². The largest absolute Gasteiger partial charge is 0.462 e. The first-order chi connectivity index (χ1) is 9.10. The van der Waals surface area contributed by atoms with Crippen LogP contribution in [0, 0.1) is 17.4 Å². The monoisotopic (exact) mass is 335 g/mol. The lowest BCUT2D eigenvalue weighted by molar-refractivity contribution is 0.0420. The van der Waals surface area contributed by atoms with Crippen LogP contribution in [-0.4, -0.2) is 12.6 Å². The van der Waals surface area contributed by atoms with Crippen molar-refractivity contribution >= 4 is 40.8 Å². The first kappa shape index (κ1) is 17.6. The maximum atomic E-state index is 12.0. The predicted octanol–water partition coefficient (Wildman–Crippen LogP) is 5.68. The summed E-state index contributed by atoms with van der Waals surface area (Å²) in [5.74, 6) is -0.299. The molecule has 111 valence electrons. The zero-order valence-corrected chi connectivity index (χ0v) is 14.3. The Morgan fingerprint density at radius 3 is 2.50 bits per heavy atom. The van der Waals surface area contributed by atoms with Gasteiger partial charge in [0.25, 0.3) is 0 Å². The van der Waals surface area contributed by atoms with E-state index in [2.05, 4.69) is 26.8 Å². The van der Waals surface area contributed by atoms with E-state index < -0.39 is 5.97 Å². The minimum Gasteiger partial charge on any atom is -0.462 e. The summed E-state index contributed by atoms with van der Waals surface area (Å²) in [6, 6.07) is 4.10. The second-order valence-electron chi connectivity index (χ2n) is 6.12. The molecule has 0 bridgehead atoms. The molecule has 0 amide bonds. The van der Waals surface area contributed by atoms with Gasteiger partial charge in [-0.25, -0.2) is 4.79 Å². The van der Waals surface area contributed by atoms with E-state index in [-0.39, 0.29) is 32.0 Å². The fourth-order valence-corrected chi connectivity index (χ4v) is 2.68. The molecule has 0 aliphatic rings. The lowest BCUT2D eigenvalue weighted by atomic mass is 9.86. The number of hydrogen-bond donors (Lipinski definition) is 0. The molecule has 0 aliphatic heterocycles. The van der Waals surface area contributed by atoms with Crippen LogP contribution in [0.3, 0.4) is 0 Å². The highest BCUT2D eigenvalue weighted by molar-refractivity contribution is 6.44. The smallest absolute Gasteiger partial charge is 0.340 e. The van der Waals surface area contributed by atoms with Gasteiger partial charge in [0.05, 0.1) is 27.2 Å². The van der Waals surface area contributed by atoms with Crippen LogP contribution in [0.2, 0.25) is 15.1 Å².